The molecule has 66 valence electrons. The third-order valence-electron chi connectivity index (χ3n) is 1.81. The largest absolute Gasteiger partial charge is 0.397 e. The van der Waals surface area contributed by atoms with Gasteiger partial charge in [0.1, 0.15) is 0 Å². The van der Waals surface area contributed by atoms with Crippen molar-refractivity contribution in [3.05, 3.63) is 24.0 Å². The van der Waals surface area contributed by atoms with Gasteiger partial charge in [0.2, 0.25) is 0 Å². The molecule has 4 N–H and O–H groups in total. The number of anilines is 1. The molecule has 1 aromatic rings. The molecular weight excluding hydrogens is 150 g/mol. The van der Waals surface area contributed by atoms with E-state index in [1.165, 1.54) is 0 Å². The third-order valence-corrected chi connectivity index (χ3v) is 1.81. The summed E-state index contributed by atoms with van der Waals surface area (Å²) in [6.07, 6.45) is 5.46. The summed E-state index contributed by atoms with van der Waals surface area (Å²) < 4.78 is 0. The van der Waals surface area contributed by atoms with Crippen LogP contribution in [0.4, 0.5) is 5.69 Å². The van der Waals surface area contributed by atoms with Crippen LogP contribution in [0.25, 0.3) is 0 Å². The SMILES string of the molecule is CCC[C@@H](N)c1cncc(N)c1. The fourth-order valence-corrected chi connectivity index (χ4v) is 1.16. The molecule has 0 fully saturated rings. The number of nitrogens with zero attached hydrogens (tertiary/aromatic N) is 1. The average molecular weight is 165 g/mol. The van der Waals surface area contributed by atoms with E-state index in [1.807, 2.05) is 6.07 Å². The molecular formula is C9H15N3. The van der Waals surface area contributed by atoms with Gasteiger partial charge in [-0.1, -0.05) is 13.3 Å². The van der Waals surface area contributed by atoms with Crippen molar-refractivity contribution in [2.24, 2.45) is 5.73 Å². The smallest absolute Gasteiger partial charge is 0.0503 e. The van der Waals surface area contributed by atoms with Gasteiger partial charge in [-0.2, -0.15) is 0 Å². The molecule has 0 radical (unpaired) electrons. The van der Waals surface area contributed by atoms with Gasteiger partial charge in [-0.3, -0.25) is 4.98 Å². The van der Waals surface area contributed by atoms with Crippen LogP contribution in [0, 0.1) is 0 Å². The number of hydrogen-bond acceptors (Lipinski definition) is 3. The molecule has 0 bridgehead atoms. The molecule has 0 spiro atoms. The summed E-state index contributed by atoms with van der Waals surface area (Å²) in [5, 5.41) is 0. The molecule has 3 heteroatoms. The number of rotatable bonds is 3. The minimum Gasteiger partial charge on any atom is -0.397 e. The minimum atomic E-state index is 0.0750. The summed E-state index contributed by atoms with van der Waals surface area (Å²) in [7, 11) is 0. The van der Waals surface area contributed by atoms with Crippen LogP contribution in [0.15, 0.2) is 18.5 Å². The normalized spacial score (nSPS) is 12.8. The first-order valence-electron chi connectivity index (χ1n) is 4.20. The van der Waals surface area contributed by atoms with Gasteiger partial charge in [-0.25, -0.2) is 0 Å². The Labute approximate surface area is 72.8 Å². The van der Waals surface area contributed by atoms with E-state index in [0.717, 1.165) is 18.4 Å². The zero-order valence-electron chi connectivity index (χ0n) is 7.33. The van der Waals surface area contributed by atoms with Gasteiger partial charge in [0.05, 0.1) is 5.69 Å². The van der Waals surface area contributed by atoms with E-state index in [4.69, 9.17) is 11.5 Å². The van der Waals surface area contributed by atoms with Gasteiger partial charge in [-0.15, -0.1) is 0 Å². The number of hydrogen-bond donors (Lipinski definition) is 2. The Hall–Kier alpha value is -1.09. The molecule has 0 saturated heterocycles. The van der Waals surface area contributed by atoms with E-state index in [9.17, 15) is 0 Å². The van der Waals surface area contributed by atoms with Crippen LogP contribution in [-0.4, -0.2) is 4.98 Å². The van der Waals surface area contributed by atoms with Crippen LogP contribution in [-0.2, 0) is 0 Å². The molecule has 12 heavy (non-hydrogen) atoms. The molecule has 1 aromatic heterocycles. The van der Waals surface area contributed by atoms with E-state index in [-0.39, 0.29) is 6.04 Å². The second-order valence-corrected chi connectivity index (χ2v) is 2.95. The zero-order valence-corrected chi connectivity index (χ0v) is 7.33. The van der Waals surface area contributed by atoms with Gasteiger partial charge in [0.15, 0.2) is 0 Å². The second kappa shape index (κ2) is 4.07. The molecule has 0 aromatic carbocycles. The highest BCUT2D eigenvalue weighted by Crippen LogP contribution is 2.16. The van der Waals surface area contributed by atoms with Gasteiger partial charge >= 0.3 is 0 Å². The molecule has 0 aliphatic heterocycles. The van der Waals surface area contributed by atoms with E-state index >= 15 is 0 Å². The standard InChI is InChI=1S/C9H15N3/c1-2-3-9(11)7-4-8(10)6-12-5-7/h4-6,9H,2-3,10-11H2,1H3/t9-/m1/s1. The summed E-state index contributed by atoms with van der Waals surface area (Å²) in [6, 6.07) is 1.96. The Bertz CT molecular complexity index is 247. The third kappa shape index (κ3) is 2.20. The minimum absolute atomic E-state index is 0.0750. The lowest BCUT2D eigenvalue weighted by atomic mass is 10.1. The maximum absolute atomic E-state index is 5.88. The molecule has 3 nitrogen and oxygen atoms in total. The van der Waals surface area contributed by atoms with Crippen LogP contribution in [0.5, 0.6) is 0 Å². The van der Waals surface area contributed by atoms with Crippen molar-refractivity contribution in [2.45, 2.75) is 25.8 Å². The highest BCUT2D eigenvalue weighted by Gasteiger charge is 2.04. The number of nitrogens with two attached hydrogens (primary N) is 2. The van der Waals surface area contributed by atoms with Crippen LogP contribution < -0.4 is 11.5 Å². The molecule has 0 amide bonds. The highest BCUT2D eigenvalue weighted by molar-refractivity contribution is 5.37. The molecule has 0 aliphatic carbocycles. The van der Waals surface area contributed by atoms with Crippen molar-refractivity contribution in [1.29, 1.82) is 0 Å². The first kappa shape index (κ1) is 9.00. The zero-order chi connectivity index (χ0) is 8.97. The van der Waals surface area contributed by atoms with Gasteiger partial charge in [0, 0.05) is 18.4 Å². The van der Waals surface area contributed by atoms with Crippen LogP contribution in [0.3, 0.4) is 0 Å². The summed E-state index contributed by atoms with van der Waals surface area (Å²) in [6.45, 7) is 2.11. The summed E-state index contributed by atoms with van der Waals surface area (Å²) in [5.74, 6) is 0. The summed E-state index contributed by atoms with van der Waals surface area (Å²) >= 11 is 0. The van der Waals surface area contributed by atoms with E-state index in [2.05, 4.69) is 11.9 Å². The first-order chi connectivity index (χ1) is 5.74. The lowest BCUT2D eigenvalue weighted by Crippen LogP contribution is -2.10. The quantitative estimate of drug-likeness (QED) is 0.712. The maximum atomic E-state index is 5.88. The first-order valence-corrected chi connectivity index (χ1v) is 4.20. The second-order valence-electron chi connectivity index (χ2n) is 2.95. The summed E-state index contributed by atoms with van der Waals surface area (Å²) in [4.78, 5) is 3.98. The van der Waals surface area contributed by atoms with Crippen molar-refractivity contribution in [1.82, 2.24) is 4.98 Å². The molecule has 1 heterocycles. The Morgan fingerprint density at radius 3 is 2.83 bits per heavy atom. The van der Waals surface area contributed by atoms with E-state index in [0.29, 0.717) is 5.69 Å². The predicted octanol–water partition coefficient (Wildman–Crippen LogP) is 1.46. The molecule has 1 atom stereocenters. The Balaban J connectivity index is 2.73. The van der Waals surface area contributed by atoms with Crippen molar-refractivity contribution >= 4 is 5.69 Å². The van der Waals surface area contributed by atoms with E-state index < -0.39 is 0 Å². The van der Waals surface area contributed by atoms with Crippen LogP contribution >= 0.6 is 0 Å². The van der Waals surface area contributed by atoms with Crippen LogP contribution in [0.2, 0.25) is 0 Å². The predicted molar refractivity (Wildman–Crippen MR) is 50.5 cm³/mol. The van der Waals surface area contributed by atoms with Crippen molar-refractivity contribution < 1.29 is 0 Å². The number of pyridine rings is 1. The molecule has 0 aliphatic rings. The topological polar surface area (TPSA) is 64.9 Å². The Morgan fingerprint density at radius 1 is 1.50 bits per heavy atom. The van der Waals surface area contributed by atoms with Crippen LogP contribution in [0.1, 0.15) is 31.4 Å². The van der Waals surface area contributed by atoms with Gasteiger partial charge < -0.3 is 11.5 Å². The van der Waals surface area contributed by atoms with Crippen molar-refractivity contribution in [3.63, 3.8) is 0 Å². The summed E-state index contributed by atoms with van der Waals surface area (Å²) in [5.41, 5.74) is 13.2. The lowest BCUT2D eigenvalue weighted by Gasteiger charge is -2.09. The molecule has 0 saturated carbocycles. The monoisotopic (exact) mass is 165 g/mol. The van der Waals surface area contributed by atoms with Crippen molar-refractivity contribution in [2.75, 3.05) is 5.73 Å². The fraction of sp³-hybridized carbons (Fsp3) is 0.444. The van der Waals surface area contributed by atoms with Gasteiger partial charge in [-0.05, 0) is 18.1 Å². The molecule has 1 rings (SSSR count). The number of aromatic nitrogens is 1. The highest BCUT2D eigenvalue weighted by atomic mass is 14.7. The average Bonchev–Trinajstić information content (AvgIpc) is 2.05. The van der Waals surface area contributed by atoms with Gasteiger partial charge in [0.25, 0.3) is 0 Å². The maximum Gasteiger partial charge on any atom is 0.0503 e. The van der Waals surface area contributed by atoms with Crippen molar-refractivity contribution in [3.8, 4) is 0 Å². The fourth-order valence-electron chi connectivity index (χ4n) is 1.16. The molecule has 0 unspecified atom stereocenters. The van der Waals surface area contributed by atoms with E-state index in [1.54, 1.807) is 12.4 Å². The number of nitrogen functional groups attached to an aromatic ring is 1. The Kier molecular flexibility index (Phi) is 3.05. The Morgan fingerprint density at radius 2 is 2.25 bits per heavy atom. The lowest BCUT2D eigenvalue weighted by molar-refractivity contribution is 0.636.